The molecule has 150 valence electrons. The second kappa shape index (κ2) is 7.46. The van der Waals surface area contributed by atoms with Gasteiger partial charge in [0.1, 0.15) is 0 Å². The maximum atomic E-state index is 5.00. The third-order valence-electron chi connectivity index (χ3n) is 6.05. The van der Waals surface area contributed by atoms with Crippen LogP contribution < -0.4 is 0 Å². The van der Waals surface area contributed by atoms with Crippen LogP contribution >= 0.6 is 0 Å². The van der Waals surface area contributed by atoms with Gasteiger partial charge < -0.3 is 0 Å². The lowest BCUT2D eigenvalue weighted by Gasteiger charge is -2.28. The normalized spacial score (nSPS) is 19.8. The monoisotopic (exact) mass is 389 g/mol. The van der Waals surface area contributed by atoms with Gasteiger partial charge in [0, 0.05) is 30.1 Å². The summed E-state index contributed by atoms with van der Waals surface area (Å²) >= 11 is 0. The Labute approximate surface area is 170 Å². The first kappa shape index (κ1) is 18.1. The van der Waals surface area contributed by atoms with E-state index in [-0.39, 0.29) is 0 Å². The van der Waals surface area contributed by atoms with Crippen molar-refractivity contribution in [2.24, 2.45) is 5.92 Å². The first-order valence-electron chi connectivity index (χ1n) is 10.6. The smallest absolute Gasteiger partial charge is 0.0999 e. The molecule has 0 spiro atoms. The molecule has 5 rings (SSSR count). The third-order valence-corrected chi connectivity index (χ3v) is 6.05. The van der Waals surface area contributed by atoms with E-state index < -0.39 is 0 Å². The van der Waals surface area contributed by atoms with Crippen molar-refractivity contribution in [2.75, 3.05) is 0 Å². The number of hydrogen-bond acceptors (Lipinski definition) is 4. The first-order chi connectivity index (χ1) is 14.2. The molecule has 1 aliphatic carbocycles. The summed E-state index contributed by atoms with van der Waals surface area (Å²) in [5.41, 5.74) is 4.82. The van der Waals surface area contributed by atoms with Crippen LogP contribution in [0.2, 0.25) is 0 Å². The van der Waals surface area contributed by atoms with Gasteiger partial charge in [-0.15, -0.1) is 0 Å². The lowest BCUT2D eigenvalue weighted by atomic mass is 9.86. The van der Waals surface area contributed by atoms with Crippen LogP contribution in [0.25, 0.3) is 28.0 Å². The molecule has 7 heteroatoms. The molecule has 0 saturated heterocycles. The van der Waals surface area contributed by atoms with Crippen LogP contribution in [0.3, 0.4) is 0 Å². The van der Waals surface area contributed by atoms with Gasteiger partial charge in [-0.05, 0) is 31.2 Å². The molecule has 0 amide bonds. The summed E-state index contributed by atoms with van der Waals surface area (Å²) < 4.78 is 6.02. The van der Waals surface area contributed by atoms with Gasteiger partial charge in [-0.1, -0.05) is 26.7 Å². The number of rotatable bonds is 5. The third kappa shape index (κ3) is 3.34. The molecule has 29 heavy (non-hydrogen) atoms. The lowest BCUT2D eigenvalue weighted by molar-refractivity contribution is 0.240. The summed E-state index contributed by atoms with van der Waals surface area (Å²) in [4.78, 5) is 5.00. The Morgan fingerprint density at radius 3 is 2.72 bits per heavy atom. The van der Waals surface area contributed by atoms with E-state index in [4.69, 9.17) is 10.1 Å². The molecule has 2 atom stereocenters. The average molecular weight is 390 g/mol. The maximum absolute atomic E-state index is 5.00. The van der Waals surface area contributed by atoms with E-state index in [0.29, 0.717) is 12.0 Å². The summed E-state index contributed by atoms with van der Waals surface area (Å²) in [6, 6.07) is 2.49. The van der Waals surface area contributed by atoms with Gasteiger partial charge in [0.15, 0.2) is 0 Å². The Morgan fingerprint density at radius 2 is 1.86 bits per heavy atom. The molecule has 0 radical (unpaired) electrons. The molecule has 4 aromatic rings. The van der Waals surface area contributed by atoms with Gasteiger partial charge in [-0.25, -0.2) is 9.50 Å². The van der Waals surface area contributed by atoms with E-state index in [1.165, 1.54) is 25.7 Å². The summed E-state index contributed by atoms with van der Waals surface area (Å²) in [5, 5.41) is 13.6. The molecule has 1 aliphatic rings. The molecule has 1 saturated carbocycles. The average Bonchev–Trinajstić information content (AvgIpc) is 3.48. The predicted octanol–water partition coefficient (Wildman–Crippen LogP) is 4.62. The Balaban J connectivity index is 1.55. The van der Waals surface area contributed by atoms with Crippen LogP contribution in [0.5, 0.6) is 0 Å². The van der Waals surface area contributed by atoms with Crippen molar-refractivity contribution < 1.29 is 0 Å². The highest BCUT2D eigenvalue weighted by Gasteiger charge is 2.24. The van der Waals surface area contributed by atoms with Crippen LogP contribution in [0.15, 0.2) is 43.2 Å². The van der Waals surface area contributed by atoms with E-state index in [0.717, 1.165) is 41.0 Å². The molecule has 1 fully saturated rings. The molecule has 0 aliphatic heterocycles. The van der Waals surface area contributed by atoms with Crippen LogP contribution in [0.1, 0.15) is 52.0 Å². The van der Waals surface area contributed by atoms with Crippen molar-refractivity contribution in [1.82, 2.24) is 34.2 Å². The SMILES string of the molecule is CCCn1cc(-c2cn3nccc3c(-c3cnn([C@@H]4CCCC[C@H]4C)c3)n2)cn1. The topological polar surface area (TPSA) is 65.8 Å². The van der Waals surface area contributed by atoms with Crippen molar-refractivity contribution in [3.8, 4) is 22.5 Å². The Hall–Kier alpha value is -2.96. The van der Waals surface area contributed by atoms with Crippen molar-refractivity contribution in [1.29, 1.82) is 0 Å². The van der Waals surface area contributed by atoms with E-state index in [2.05, 4.69) is 41.1 Å². The van der Waals surface area contributed by atoms with E-state index in [1.54, 1.807) is 0 Å². The number of aromatic nitrogens is 7. The zero-order valence-electron chi connectivity index (χ0n) is 17.1. The number of fused-ring (bicyclic) bond motifs is 1. The molecule has 4 heterocycles. The molecule has 0 unspecified atom stereocenters. The fraction of sp³-hybridized carbons (Fsp3) is 0.455. The lowest BCUT2D eigenvalue weighted by Crippen LogP contribution is -2.21. The summed E-state index contributed by atoms with van der Waals surface area (Å²) in [6.45, 7) is 5.40. The zero-order chi connectivity index (χ0) is 19.8. The Morgan fingerprint density at radius 1 is 1.00 bits per heavy atom. The van der Waals surface area contributed by atoms with E-state index in [9.17, 15) is 0 Å². The van der Waals surface area contributed by atoms with E-state index >= 15 is 0 Å². The summed E-state index contributed by atoms with van der Waals surface area (Å²) in [6.07, 6.45) is 18.0. The Kier molecular flexibility index (Phi) is 4.66. The first-order valence-corrected chi connectivity index (χ1v) is 10.6. The molecule has 4 aromatic heterocycles. The van der Waals surface area contributed by atoms with Gasteiger partial charge in [0.25, 0.3) is 0 Å². The predicted molar refractivity (Wildman–Crippen MR) is 112 cm³/mol. The van der Waals surface area contributed by atoms with Crippen molar-refractivity contribution >= 4 is 5.52 Å². The molecular weight excluding hydrogens is 362 g/mol. The van der Waals surface area contributed by atoms with Gasteiger partial charge in [0.2, 0.25) is 0 Å². The van der Waals surface area contributed by atoms with Crippen LogP contribution in [-0.2, 0) is 6.54 Å². The van der Waals surface area contributed by atoms with Gasteiger partial charge >= 0.3 is 0 Å². The molecule has 0 bridgehead atoms. The zero-order valence-corrected chi connectivity index (χ0v) is 17.1. The molecule has 7 nitrogen and oxygen atoms in total. The van der Waals surface area contributed by atoms with Crippen LogP contribution in [0.4, 0.5) is 0 Å². The molecule has 0 N–H and O–H groups in total. The van der Waals surface area contributed by atoms with Crippen molar-refractivity contribution in [2.45, 2.75) is 58.5 Å². The minimum atomic E-state index is 0.480. The fourth-order valence-electron chi connectivity index (χ4n) is 4.46. The van der Waals surface area contributed by atoms with E-state index in [1.807, 2.05) is 40.1 Å². The number of nitrogens with zero attached hydrogens (tertiary/aromatic N) is 7. The second-order valence-corrected chi connectivity index (χ2v) is 8.17. The maximum Gasteiger partial charge on any atom is 0.0999 e. The van der Waals surface area contributed by atoms with Gasteiger partial charge in [-0.2, -0.15) is 15.3 Å². The summed E-state index contributed by atoms with van der Waals surface area (Å²) in [7, 11) is 0. The minimum Gasteiger partial charge on any atom is -0.272 e. The van der Waals surface area contributed by atoms with Crippen LogP contribution in [0, 0.1) is 5.92 Å². The van der Waals surface area contributed by atoms with Crippen LogP contribution in [-0.4, -0.2) is 34.2 Å². The largest absolute Gasteiger partial charge is 0.272 e. The molecular formula is C22H27N7. The highest BCUT2D eigenvalue weighted by atomic mass is 15.3. The highest BCUT2D eigenvalue weighted by molar-refractivity contribution is 5.78. The standard InChI is InChI=1S/C22H27N7/c1-3-10-27-13-17(11-24-27)19-15-29-21(8-9-23-29)22(26-19)18-12-25-28(14-18)20-7-5-4-6-16(20)2/h8-9,11-16,20H,3-7,10H2,1-2H3/t16-,20-/m1/s1. The molecule has 0 aromatic carbocycles. The number of aryl methyl sites for hydroxylation is 1. The quantitative estimate of drug-likeness (QED) is 0.500. The van der Waals surface area contributed by atoms with Crippen molar-refractivity contribution in [3.05, 3.63) is 43.2 Å². The Bertz CT molecular complexity index is 1120. The second-order valence-electron chi connectivity index (χ2n) is 8.17. The minimum absolute atomic E-state index is 0.480. The van der Waals surface area contributed by atoms with Gasteiger partial charge in [-0.3, -0.25) is 9.36 Å². The number of hydrogen-bond donors (Lipinski definition) is 0. The highest BCUT2D eigenvalue weighted by Crippen LogP contribution is 2.34. The fourth-order valence-corrected chi connectivity index (χ4v) is 4.46. The van der Waals surface area contributed by atoms with Gasteiger partial charge in [0.05, 0.1) is 47.7 Å². The summed E-state index contributed by atoms with van der Waals surface area (Å²) in [5.74, 6) is 0.662. The van der Waals surface area contributed by atoms with Crippen molar-refractivity contribution in [3.63, 3.8) is 0 Å².